The second kappa shape index (κ2) is 7.83. The van der Waals surface area contributed by atoms with Gasteiger partial charge in [0.15, 0.2) is 5.78 Å². The van der Waals surface area contributed by atoms with Gasteiger partial charge < -0.3 is 9.52 Å². The largest absolute Gasteiger partial charge is 0.507 e. The molecule has 0 aliphatic rings. The lowest BCUT2D eigenvalue weighted by Crippen LogP contribution is -2.07. The van der Waals surface area contributed by atoms with Crippen LogP contribution in [0, 0.1) is 0 Å². The number of carbonyl (C=O) groups is 1. The fraction of sp³-hybridized carbons (Fsp3) is 0. The number of fused-ring (bicyclic) bond motifs is 2. The highest BCUT2D eigenvalue weighted by atomic mass is 35.5. The Morgan fingerprint density at radius 3 is 2.31 bits per heavy atom. The third-order valence-corrected chi connectivity index (χ3v) is 5.75. The maximum Gasteiger partial charge on any atom is 0.200 e. The van der Waals surface area contributed by atoms with Crippen LogP contribution >= 0.6 is 23.2 Å². The van der Waals surface area contributed by atoms with E-state index < -0.39 is 5.78 Å². The number of phenolic OH excluding ortho intramolecular Hbond substituents is 1. The van der Waals surface area contributed by atoms with Gasteiger partial charge in [-0.1, -0.05) is 53.5 Å². The highest BCUT2D eigenvalue weighted by Gasteiger charge is 2.20. The third-order valence-electron chi connectivity index (χ3n) is 5.28. The molecule has 0 radical (unpaired) electrons. The molecule has 0 amide bonds. The topological polar surface area (TPSA) is 67.5 Å². The zero-order valence-corrected chi connectivity index (χ0v) is 17.9. The number of ketones is 1. The summed E-state index contributed by atoms with van der Waals surface area (Å²) in [6.45, 7) is 0. The first-order valence-corrected chi connectivity index (χ1v) is 10.5. The minimum atomic E-state index is -0.463. The van der Waals surface area contributed by atoms with Crippen molar-refractivity contribution in [1.29, 1.82) is 0 Å². The van der Waals surface area contributed by atoms with E-state index in [1.165, 1.54) is 24.3 Å². The van der Waals surface area contributed by atoms with Crippen molar-refractivity contribution >= 4 is 50.9 Å². The molecule has 1 aromatic heterocycles. The molecule has 0 saturated heterocycles. The fourth-order valence-corrected chi connectivity index (χ4v) is 4.08. The van der Waals surface area contributed by atoms with E-state index in [9.17, 15) is 14.7 Å². The van der Waals surface area contributed by atoms with E-state index in [4.69, 9.17) is 27.6 Å². The smallest absolute Gasteiger partial charge is 0.200 e. The van der Waals surface area contributed by atoms with Crippen molar-refractivity contribution in [3.63, 3.8) is 0 Å². The molecule has 0 atom stereocenters. The molecular weight excluding hydrogens is 447 g/mol. The van der Waals surface area contributed by atoms with Crippen molar-refractivity contribution in [1.82, 2.24) is 0 Å². The quantitative estimate of drug-likeness (QED) is 0.236. The van der Waals surface area contributed by atoms with Gasteiger partial charge in [-0.25, -0.2) is 0 Å². The summed E-state index contributed by atoms with van der Waals surface area (Å²) < 4.78 is 6.11. The summed E-state index contributed by atoms with van der Waals surface area (Å²) in [5, 5.41) is 11.5. The summed E-state index contributed by atoms with van der Waals surface area (Å²) in [4.78, 5) is 26.7. The second-order valence-electron chi connectivity index (χ2n) is 7.33. The average Bonchev–Trinajstić information content (AvgIpc) is 2.81. The van der Waals surface area contributed by atoms with Crippen LogP contribution in [0.25, 0.3) is 33.1 Å². The van der Waals surface area contributed by atoms with Gasteiger partial charge in [0.25, 0.3) is 0 Å². The third kappa shape index (κ3) is 3.44. The first kappa shape index (κ1) is 20.3. The van der Waals surface area contributed by atoms with Gasteiger partial charge in [-0.15, -0.1) is 0 Å². The van der Waals surface area contributed by atoms with Gasteiger partial charge in [0.1, 0.15) is 16.9 Å². The summed E-state index contributed by atoms with van der Waals surface area (Å²) in [5.41, 5.74) is 2.09. The zero-order chi connectivity index (χ0) is 22.4. The highest BCUT2D eigenvalue weighted by molar-refractivity contribution is 6.31. The molecular formula is C26H14Cl2O4. The molecule has 5 rings (SSSR count). The first-order valence-electron chi connectivity index (χ1n) is 9.71. The van der Waals surface area contributed by atoms with Gasteiger partial charge in [0.05, 0.1) is 16.3 Å². The molecule has 0 bridgehead atoms. The monoisotopic (exact) mass is 460 g/mol. The van der Waals surface area contributed by atoms with Gasteiger partial charge in [0, 0.05) is 21.2 Å². The number of phenols is 1. The van der Waals surface area contributed by atoms with Crippen molar-refractivity contribution in [2.75, 3.05) is 0 Å². The molecule has 0 unspecified atom stereocenters. The van der Waals surface area contributed by atoms with E-state index >= 15 is 0 Å². The van der Waals surface area contributed by atoms with Gasteiger partial charge in [-0.3, -0.25) is 9.59 Å². The number of hydrogen-bond donors (Lipinski definition) is 1. The average molecular weight is 461 g/mol. The van der Waals surface area contributed by atoms with Gasteiger partial charge in [-0.05, 0) is 54.1 Å². The van der Waals surface area contributed by atoms with Gasteiger partial charge >= 0.3 is 0 Å². The standard InChI is InChI=1S/C26H14Cl2O4/c27-16-6-8-22(29)19(12-16)24(30)15-10-18(14-4-2-1-3-5-14)26-21(11-15)25(31)20-13-17(28)7-9-23(20)32-26/h1-13,29H. The first-order chi connectivity index (χ1) is 15.4. The van der Waals surface area contributed by atoms with Crippen molar-refractivity contribution in [3.05, 3.63) is 110 Å². The Hall–Kier alpha value is -3.60. The molecule has 6 heteroatoms. The van der Waals surface area contributed by atoms with Crippen molar-refractivity contribution in [2.24, 2.45) is 0 Å². The summed E-state index contributed by atoms with van der Waals surface area (Å²) in [5.74, 6) is -0.659. The Morgan fingerprint density at radius 1 is 0.812 bits per heavy atom. The summed E-state index contributed by atoms with van der Waals surface area (Å²) in [7, 11) is 0. The normalized spacial score (nSPS) is 11.2. The number of halogens is 2. The van der Waals surface area contributed by atoms with Crippen LogP contribution in [0.1, 0.15) is 15.9 Å². The SMILES string of the molecule is O=C(c1cc(-c2ccccc2)c2oc3ccc(Cl)cc3c(=O)c2c1)c1cc(Cl)ccc1O. The molecule has 4 nitrogen and oxygen atoms in total. The van der Waals surface area contributed by atoms with Crippen molar-refractivity contribution < 1.29 is 14.3 Å². The van der Waals surface area contributed by atoms with Crippen LogP contribution in [-0.4, -0.2) is 10.9 Å². The zero-order valence-electron chi connectivity index (χ0n) is 16.4. The Bertz CT molecular complexity index is 1590. The van der Waals surface area contributed by atoms with E-state index in [0.717, 1.165) is 5.56 Å². The lowest BCUT2D eigenvalue weighted by Gasteiger charge is -2.11. The minimum absolute atomic E-state index is 0.0454. The van der Waals surface area contributed by atoms with Crippen LogP contribution in [0.2, 0.25) is 10.0 Å². The molecule has 1 heterocycles. The van der Waals surface area contributed by atoms with E-state index in [0.29, 0.717) is 32.2 Å². The van der Waals surface area contributed by atoms with Crippen LogP contribution in [0.5, 0.6) is 5.75 Å². The molecule has 0 aliphatic heterocycles. The van der Waals surface area contributed by atoms with E-state index in [2.05, 4.69) is 0 Å². The number of hydrogen-bond acceptors (Lipinski definition) is 4. The summed E-state index contributed by atoms with van der Waals surface area (Å²) in [6, 6.07) is 21.6. The number of carbonyl (C=O) groups excluding carboxylic acids is 1. The van der Waals surface area contributed by atoms with Crippen molar-refractivity contribution in [2.45, 2.75) is 0 Å². The van der Waals surface area contributed by atoms with Crippen LogP contribution in [-0.2, 0) is 0 Å². The fourth-order valence-electron chi connectivity index (χ4n) is 3.74. The van der Waals surface area contributed by atoms with Gasteiger partial charge in [0.2, 0.25) is 5.43 Å². The summed E-state index contributed by atoms with van der Waals surface area (Å²) >= 11 is 12.1. The Balaban J connectivity index is 1.86. The van der Waals surface area contributed by atoms with Crippen molar-refractivity contribution in [3.8, 4) is 16.9 Å². The summed E-state index contributed by atoms with van der Waals surface area (Å²) in [6.07, 6.45) is 0. The van der Waals surface area contributed by atoms with Crippen LogP contribution in [0.15, 0.2) is 88.1 Å². The molecule has 32 heavy (non-hydrogen) atoms. The molecule has 1 N–H and O–H groups in total. The van der Waals surface area contributed by atoms with E-state index in [-0.39, 0.29) is 27.7 Å². The molecule has 5 aromatic rings. The molecule has 0 fully saturated rings. The van der Waals surface area contributed by atoms with Crippen LogP contribution in [0.4, 0.5) is 0 Å². The molecule has 4 aromatic carbocycles. The number of rotatable bonds is 3. The van der Waals surface area contributed by atoms with Crippen LogP contribution in [0.3, 0.4) is 0 Å². The lowest BCUT2D eigenvalue weighted by atomic mass is 9.94. The highest BCUT2D eigenvalue weighted by Crippen LogP contribution is 2.33. The molecule has 156 valence electrons. The molecule has 0 saturated carbocycles. The maximum absolute atomic E-state index is 13.4. The second-order valence-corrected chi connectivity index (χ2v) is 8.20. The minimum Gasteiger partial charge on any atom is -0.507 e. The van der Waals surface area contributed by atoms with Gasteiger partial charge in [-0.2, -0.15) is 0 Å². The Kier molecular flexibility index (Phi) is 4.97. The predicted molar refractivity (Wildman–Crippen MR) is 127 cm³/mol. The lowest BCUT2D eigenvalue weighted by molar-refractivity contribution is 0.103. The number of benzene rings is 4. The van der Waals surface area contributed by atoms with E-state index in [1.807, 2.05) is 30.3 Å². The predicted octanol–water partition coefficient (Wildman–Crippen LogP) is 6.86. The van der Waals surface area contributed by atoms with Crippen LogP contribution < -0.4 is 5.43 Å². The molecule has 0 spiro atoms. The molecule has 0 aliphatic carbocycles. The number of aromatic hydroxyl groups is 1. The van der Waals surface area contributed by atoms with E-state index in [1.54, 1.807) is 24.3 Å². The maximum atomic E-state index is 13.4. The Labute approximate surface area is 192 Å². The Morgan fingerprint density at radius 2 is 1.53 bits per heavy atom.